The van der Waals surface area contributed by atoms with E-state index < -0.39 is 6.43 Å². The van der Waals surface area contributed by atoms with Crippen LogP contribution in [0.25, 0.3) is 0 Å². The second-order valence-corrected chi connectivity index (χ2v) is 3.07. The van der Waals surface area contributed by atoms with Gasteiger partial charge in [-0.25, -0.2) is 8.78 Å². The van der Waals surface area contributed by atoms with Gasteiger partial charge in [0.15, 0.2) is 0 Å². The summed E-state index contributed by atoms with van der Waals surface area (Å²) in [6.45, 7) is 0. The molecule has 0 aliphatic carbocycles. The van der Waals surface area contributed by atoms with Crippen molar-refractivity contribution in [1.82, 2.24) is 4.98 Å². The number of H-pyrrole nitrogens is 1. The van der Waals surface area contributed by atoms with Crippen LogP contribution in [0.1, 0.15) is 12.0 Å². The van der Waals surface area contributed by atoms with Crippen molar-refractivity contribution in [2.75, 3.05) is 0 Å². The Labute approximate surface area is 74.8 Å². The summed E-state index contributed by atoms with van der Waals surface area (Å²) in [4.78, 5) is 12.9. The Balaban J connectivity index is 3.15. The summed E-state index contributed by atoms with van der Waals surface area (Å²) in [5.41, 5.74) is -0.496. The van der Waals surface area contributed by atoms with Gasteiger partial charge in [-0.1, -0.05) is 0 Å². The molecule has 0 saturated carbocycles. The molecule has 0 aliphatic heterocycles. The molecule has 0 fully saturated rings. The van der Waals surface area contributed by atoms with Gasteiger partial charge in [-0.05, 0) is 28.7 Å². The Morgan fingerprint density at radius 2 is 2.18 bits per heavy atom. The maximum Gasteiger partial charge on any atom is 0.265 e. The van der Waals surface area contributed by atoms with Crippen LogP contribution in [0.5, 0.6) is 0 Å². The fourth-order valence-electron chi connectivity index (χ4n) is 0.597. The number of alkyl halides is 2. The van der Waals surface area contributed by atoms with Crippen molar-refractivity contribution >= 4 is 22.6 Å². The van der Waals surface area contributed by atoms with Crippen LogP contribution in [0.4, 0.5) is 8.78 Å². The molecule has 0 saturated heterocycles. The van der Waals surface area contributed by atoms with Gasteiger partial charge in [-0.2, -0.15) is 0 Å². The van der Waals surface area contributed by atoms with E-state index in [1.807, 2.05) is 0 Å². The molecule has 0 unspecified atom stereocenters. The maximum absolute atomic E-state index is 12.0. The molecule has 0 aromatic carbocycles. The normalized spacial score (nSPS) is 10.5. The van der Waals surface area contributed by atoms with Gasteiger partial charge in [-0.15, -0.1) is 0 Å². The minimum Gasteiger partial charge on any atom is -0.328 e. The average Bonchev–Trinajstić information content (AvgIpc) is 1.94. The molecule has 60 valence electrons. The van der Waals surface area contributed by atoms with Crippen molar-refractivity contribution in [3.8, 4) is 0 Å². The fourth-order valence-corrected chi connectivity index (χ4v) is 1.11. The molecule has 1 aromatic rings. The molecule has 0 radical (unpaired) electrons. The minimum absolute atomic E-state index is 0.158. The van der Waals surface area contributed by atoms with Crippen LogP contribution < -0.4 is 5.56 Å². The lowest BCUT2D eigenvalue weighted by molar-refractivity contribution is 0.151. The Kier molecular flexibility index (Phi) is 2.58. The predicted octanol–water partition coefficient (Wildman–Crippen LogP) is 1.92. The van der Waals surface area contributed by atoms with E-state index in [-0.39, 0.29) is 14.7 Å². The van der Waals surface area contributed by atoms with E-state index in [0.29, 0.717) is 0 Å². The monoisotopic (exact) mass is 271 g/mol. The van der Waals surface area contributed by atoms with Crippen LogP contribution >= 0.6 is 22.6 Å². The van der Waals surface area contributed by atoms with Crippen LogP contribution in [0.2, 0.25) is 0 Å². The summed E-state index contributed by atoms with van der Waals surface area (Å²) in [6, 6.07) is 1.17. The van der Waals surface area contributed by atoms with Crippen LogP contribution in [0.15, 0.2) is 17.1 Å². The second-order valence-electron chi connectivity index (χ2n) is 1.91. The van der Waals surface area contributed by atoms with Gasteiger partial charge in [0.05, 0.1) is 3.57 Å². The van der Waals surface area contributed by atoms with Crippen LogP contribution in [0.3, 0.4) is 0 Å². The highest BCUT2D eigenvalue weighted by molar-refractivity contribution is 14.1. The molecular weight excluding hydrogens is 267 g/mol. The first-order valence-electron chi connectivity index (χ1n) is 2.77. The molecule has 11 heavy (non-hydrogen) atoms. The van der Waals surface area contributed by atoms with Gasteiger partial charge in [0.1, 0.15) is 0 Å². The fraction of sp³-hybridized carbons (Fsp3) is 0.167. The molecule has 1 rings (SSSR count). The Morgan fingerprint density at radius 3 is 2.64 bits per heavy atom. The molecule has 5 heteroatoms. The van der Waals surface area contributed by atoms with E-state index in [9.17, 15) is 13.6 Å². The average molecular weight is 271 g/mol. The number of aromatic nitrogens is 1. The molecule has 0 spiro atoms. The van der Waals surface area contributed by atoms with E-state index in [1.54, 1.807) is 22.6 Å². The van der Waals surface area contributed by atoms with E-state index in [4.69, 9.17) is 0 Å². The number of pyridine rings is 1. The summed E-state index contributed by atoms with van der Waals surface area (Å²) in [6.07, 6.45) is -1.50. The van der Waals surface area contributed by atoms with Gasteiger partial charge < -0.3 is 4.98 Å². The zero-order valence-corrected chi connectivity index (χ0v) is 7.43. The number of aromatic amines is 1. The van der Waals surface area contributed by atoms with Crippen molar-refractivity contribution in [2.24, 2.45) is 0 Å². The lowest BCUT2D eigenvalue weighted by atomic mass is 10.3. The van der Waals surface area contributed by atoms with Gasteiger partial charge in [-0.3, -0.25) is 4.79 Å². The topological polar surface area (TPSA) is 32.9 Å². The minimum atomic E-state index is -2.53. The molecule has 2 nitrogen and oxygen atoms in total. The third kappa shape index (κ3) is 1.98. The number of halogens is 3. The van der Waals surface area contributed by atoms with Gasteiger partial charge in [0.2, 0.25) is 0 Å². The lowest BCUT2D eigenvalue weighted by Gasteiger charge is -1.97. The quantitative estimate of drug-likeness (QED) is 0.777. The van der Waals surface area contributed by atoms with E-state index >= 15 is 0 Å². The van der Waals surface area contributed by atoms with E-state index in [2.05, 4.69) is 4.98 Å². The molecule has 1 N–H and O–H groups in total. The smallest absolute Gasteiger partial charge is 0.265 e. The van der Waals surface area contributed by atoms with Crippen LogP contribution in [-0.2, 0) is 0 Å². The van der Waals surface area contributed by atoms with Gasteiger partial charge >= 0.3 is 0 Å². The summed E-state index contributed by atoms with van der Waals surface area (Å²) >= 11 is 1.71. The molecule has 0 bridgehead atoms. The molecule has 0 aliphatic rings. The molecular formula is C6H4F2INO. The third-order valence-corrected chi connectivity index (χ3v) is 1.93. The highest BCUT2D eigenvalue weighted by atomic mass is 127. The van der Waals surface area contributed by atoms with E-state index in [0.717, 1.165) is 6.20 Å². The number of nitrogens with one attached hydrogen (secondary N) is 1. The Morgan fingerprint density at radius 1 is 1.55 bits per heavy atom. The lowest BCUT2D eigenvalue weighted by Crippen LogP contribution is -2.09. The van der Waals surface area contributed by atoms with E-state index in [1.165, 1.54) is 6.07 Å². The zero-order valence-electron chi connectivity index (χ0n) is 5.27. The number of hydrogen-bond acceptors (Lipinski definition) is 1. The zero-order chi connectivity index (χ0) is 8.43. The van der Waals surface area contributed by atoms with Crippen molar-refractivity contribution in [3.63, 3.8) is 0 Å². The Bertz CT molecular complexity index is 310. The maximum atomic E-state index is 12.0. The molecule has 0 amide bonds. The molecule has 1 aromatic heterocycles. The first-order chi connectivity index (χ1) is 5.11. The number of rotatable bonds is 1. The summed E-state index contributed by atoms with van der Waals surface area (Å²) in [5.74, 6) is 0. The largest absolute Gasteiger partial charge is 0.328 e. The molecule has 0 atom stereocenters. The second kappa shape index (κ2) is 3.29. The summed E-state index contributed by atoms with van der Waals surface area (Å²) < 4.78 is 24.2. The first kappa shape index (κ1) is 8.63. The third-order valence-electron chi connectivity index (χ3n) is 1.13. The van der Waals surface area contributed by atoms with Crippen LogP contribution in [0, 0.1) is 3.57 Å². The van der Waals surface area contributed by atoms with Crippen molar-refractivity contribution in [1.29, 1.82) is 0 Å². The van der Waals surface area contributed by atoms with Gasteiger partial charge in [0, 0.05) is 11.8 Å². The van der Waals surface area contributed by atoms with Crippen molar-refractivity contribution in [3.05, 3.63) is 31.8 Å². The summed E-state index contributed by atoms with van der Waals surface area (Å²) in [7, 11) is 0. The highest BCUT2D eigenvalue weighted by Gasteiger charge is 2.07. The SMILES string of the molecule is O=c1[nH]cc(C(F)F)cc1I. The van der Waals surface area contributed by atoms with Gasteiger partial charge in [0.25, 0.3) is 12.0 Å². The first-order valence-corrected chi connectivity index (χ1v) is 3.85. The van der Waals surface area contributed by atoms with Crippen molar-refractivity contribution < 1.29 is 8.78 Å². The molecule has 1 heterocycles. The summed E-state index contributed by atoms with van der Waals surface area (Å²) in [5, 5.41) is 0. The highest BCUT2D eigenvalue weighted by Crippen LogP contribution is 2.17. The number of hydrogen-bond donors (Lipinski definition) is 1. The Hall–Kier alpha value is -0.460. The van der Waals surface area contributed by atoms with Crippen molar-refractivity contribution in [2.45, 2.75) is 6.43 Å². The standard InChI is InChI=1S/C6H4F2INO/c7-5(8)3-1-4(9)6(11)10-2-3/h1-2,5H,(H,10,11). The van der Waals surface area contributed by atoms with Crippen LogP contribution in [-0.4, -0.2) is 4.98 Å². The predicted molar refractivity (Wildman–Crippen MR) is 44.7 cm³/mol.